The van der Waals surface area contributed by atoms with Gasteiger partial charge in [-0.3, -0.25) is 0 Å². The Morgan fingerprint density at radius 1 is 0.842 bits per heavy atom. The SMILES string of the molecule is O=S(=O)(NCc1ccc(F)cc1)c1ccc(F)cc1. The minimum atomic E-state index is -3.70. The van der Waals surface area contributed by atoms with E-state index in [1.165, 1.54) is 36.4 Å². The number of hydrogen-bond donors (Lipinski definition) is 1. The molecule has 2 aromatic carbocycles. The van der Waals surface area contributed by atoms with Crippen molar-refractivity contribution in [2.24, 2.45) is 0 Å². The van der Waals surface area contributed by atoms with Gasteiger partial charge < -0.3 is 0 Å². The molecule has 0 bridgehead atoms. The first-order chi connectivity index (χ1) is 8.97. The Morgan fingerprint density at radius 2 is 1.32 bits per heavy atom. The number of nitrogens with one attached hydrogen (secondary N) is 1. The summed E-state index contributed by atoms with van der Waals surface area (Å²) in [5.74, 6) is -0.886. The average Bonchev–Trinajstić information content (AvgIpc) is 2.39. The van der Waals surface area contributed by atoms with Crippen LogP contribution in [0.15, 0.2) is 53.4 Å². The maximum Gasteiger partial charge on any atom is 0.240 e. The highest BCUT2D eigenvalue weighted by molar-refractivity contribution is 7.89. The van der Waals surface area contributed by atoms with Crippen molar-refractivity contribution in [1.29, 1.82) is 0 Å². The number of hydrogen-bond acceptors (Lipinski definition) is 2. The molecule has 2 aromatic rings. The lowest BCUT2D eigenvalue weighted by atomic mass is 10.2. The summed E-state index contributed by atoms with van der Waals surface area (Å²) in [5.41, 5.74) is 0.632. The standard InChI is InChI=1S/C13H11F2NO2S/c14-11-3-1-10(2-4-11)9-16-19(17,18)13-7-5-12(15)6-8-13/h1-8,16H,9H2. The molecule has 0 atom stereocenters. The summed E-state index contributed by atoms with van der Waals surface area (Å²) in [6.07, 6.45) is 0. The molecule has 100 valence electrons. The molecule has 0 fully saturated rings. The Bertz CT molecular complexity index is 652. The van der Waals surface area contributed by atoms with E-state index in [1.54, 1.807) is 0 Å². The largest absolute Gasteiger partial charge is 0.240 e. The molecule has 0 saturated carbocycles. The minimum absolute atomic E-state index is 0.0176. The molecule has 0 heterocycles. The van der Waals surface area contributed by atoms with Gasteiger partial charge in [0.15, 0.2) is 0 Å². The van der Waals surface area contributed by atoms with E-state index in [0.29, 0.717) is 5.56 Å². The Labute approximate surface area is 109 Å². The molecule has 0 spiro atoms. The first-order valence-electron chi connectivity index (χ1n) is 5.47. The second-order valence-electron chi connectivity index (χ2n) is 3.90. The van der Waals surface area contributed by atoms with Gasteiger partial charge in [-0.05, 0) is 42.0 Å². The van der Waals surface area contributed by atoms with E-state index in [9.17, 15) is 17.2 Å². The second kappa shape index (κ2) is 5.46. The summed E-state index contributed by atoms with van der Waals surface area (Å²) >= 11 is 0. The molecule has 0 saturated heterocycles. The fraction of sp³-hybridized carbons (Fsp3) is 0.0769. The van der Waals surface area contributed by atoms with E-state index in [-0.39, 0.29) is 17.3 Å². The van der Waals surface area contributed by atoms with Crippen molar-refractivity contribution in [1.82, 2.24) is 4.72 Å². The van der Waals surface area contributed by atoms with Crippen LogP contribution in [0.4, 0.5) is 8.78 Å². The molecule has 3 nitrogen and oxygen atoms in total. The summed E-state index contributed by atoms with van der Waals surface area (Å²) in [6.45, 7) is 0.0417. The molecule has 1 N–H and O–H groups in total. The smallest absolute Gasteiger partial charge is 0.207 e. The molecular weight excluding hydrogens is 272 g/mol. The maximum absolute atomic E-state index is 12.7. The molecule has 0 amide bonds. The van der Waals surface area contributed by atoms with Crippen molar-refractivity contribution in [3.63, 3.8) is 0 Å². The summed E-state index contributed by atoms with van der Waals surface area (Å²) in [5, 5.41) is 0. The molecule has 19 heavy (non-hydrogen) atoms. The molecule has 6 heteroatoms. The van der Waals surface area contributed by atoms with E-state index < -0.39 is 15.8 Å². The molecule has 0 aliphatic rings. The Hall–Kier alpha value is -1.79. The van der Waals surface area contributed by atoms with Gasteiger partial charge in [-0.1, -0.05) is 12.1 Å². The molecule has 0 aliphatic heterocycles. The van der Waals surface area contributed by atoms with E-state index in [2.05, 4.69) is 4.72 Å². The monoisotopic (exact) mass is 283 g/mol. The van der Waals surface area contributed by atoms with Crippen molar-refractivity contribution in [3.8, 4) is 0 Å². The maximum atomic E-state index is 12.7. The Morgan fingerprint density at radius 3 is 1.84 bits per heavy atom. The van der Waals surface area contributed by atoms with Gasteiger partial charge in [-0.15, -0.1) is 0 Å². The van der Waals surface area contributed by atoms with Gasteiger partial charge in [-0.25, -0.2) is 21.9 Å². The van der Waals surface area contributed by atoms with Crippen molar-refractivity contribution in [2.75, 3.05) is 0 Å². The highest BCUT2D eigenvalue weighted by atomic mass is 32.2. The van der Waals surface area contributed by atoms with Gasteiger partial charge in [-0.2, -0.15) is 0 Å². The zero-order valence-electron chi connectivity index (χ0n) is 9.81. The first-order valence-corrected chi connectivity index (χ1v) is 6.95. The van der Waals surface area contributed by atoms with Crippen LogP contribution in [0.3, 0.4) is 0 Å². The van der Waals surface area contributed by atoms with Gasteiger partial charge in [0.2, 0.25) is 10.0 Å². The molecular formula is C13H11F2NO2S. The highest BCUT2D eigenvalue weighted by Gasteiger charge is 2.13. The first kappa shape index (κ1) is 13.6. The number of halogens is 2. The average molecular weight is 283 g/mol. The number of rotatable bonds is 4. The van der Waals surface area contributed by atoms with Gasteiger partial charge in [0, 0.05) is 6.54 Å². The summed E-state index contributed by atoms with van der Waals surface area (Å²) in [7, 11) is -3.70. The zero-order valence-corrected chi connectivity index (χ0v) is 10.6. The minimum Gasteiger partial charge on any atom is -0.207 e. The lowest BCUT2D eigenvalue weighted by Crippen LogP contribution is -2.23. The summed E-state index contributed by atoms with van der Waals surface area (Å²) in [4.78, 5) is -0.0176. The number of benzene rings is 2. The Balaban J connectivity index is 2.09. The van der Waals surface area contributed by atoms with Gasteiger partial charge >= 0.3 is 0 Å². The van der Waals surface area contributed by atoms with Crippen LogP contribution in [0.1, 0.15) is 5.56 Å². The molecule has 0 unspecified atom stereocenters. The van der Waals surface area contributed by atoms with Crippen molar-refractivity contribution in [2.45, 2.75) is 11.4 Å². The Kier molecular flexibility index (Phi) is 3.92. The van der Waals surface area contributed by atoms with Gasteiger partial charge in [0.25, 0.3) is 0 Å². The van der Waals surface area contributed by atoms with E-state index >= 15 is 0 Å². The quantitative estimate of drug-likeness (QED) is 0.936. The van der Waals surface area contributed by atoms with Crippen LogP contribution in [0, 0.1) is 11.6 Å². The normalized spacial score (nSPS) is 11.5. The van der Waals surface area contributed by atoms with Gasteiger partial charge in [0.05, 0.1) is 4.90 Å². The predicted octanol–water partition coefficient (Wildman–Crippen LogP) is 2.44. The topological polar surface area (TPSA) is 46.2 Å². The van der Waals surface area contributed by atoms with Crippen LogP contribution in [0.2, 0.25) is 0 Å². The second-order valence-corrected chi connectivity index (χ2v) is 5.67. The predicted molar refractivity (Wildman–Crippen MR) is 66.8 cm³/mol. The van der Waals surface area contributed by atoms with E-state index in [4.69, 9.17) is 0 Å². The third-order valence-corrected chi connectivity index (χ3v) is 3.92. The fourth-order valence-electron chi connectivity index (χ4n) is 1.48. The lowest BCUT2D eigenvalue weighted by Gasteiger charge is -2.06. The zero-order chi connectivity index (χ0) is 13.9. The molecule has 2 rings (SSSR count). The third-order valence-electron chi connectivity index (χ3n) is 2.50. The van der Waals surface area contributed by atoms with Crippen LogP contribution in [0.25, 0.3) is 0 Å². The lowest BCUT2D eigenvalue weighted by molar-refractivity contribution is 0.580. The van der Waals surface area contributed by atoms with Crippen LogP contribution in [-0.2, 0) is 16.6 Å². The molecule has 0 radical (unpaired) electrons. The summed E-state index contributed by atoms with van der Waals surface area (Å²) < 4.78 is 51.5. The van der Waals surface area contributed by atoms with E-state index in [1.807, 2.05) is 0 Å². The van der Waals surface area contributed by atoms with E-state index in [0.717, 1.165) is 12.1 Å². The van der Waals surface area contributed by atoms with Crippen LogP contribution in [0.5, 0.6) is 0 Å². The third kappa shape index (κ3) is 3.59. The highest BCUT2D eigenvalue weighted by Crippen LogP contribution is 2.10. The van der Waals surface area contributed by atoms with Crippen LogP contribution >= 0.6 is 0 Å². The van der Waals surface area contributed by atoms with Crippen LogP contribution < -0.4 is 4.72 Å². The van der Waals surface area contributed by atoms with Crippen molar-refractivity contribution >= 4 is 10.0 Å². The van der Waals surface area contributed by atoms with Gasteiger partial charge in [0.1, 0.15) is 11.6 Å². The molecule has 0 aliphatic carbocycles. The van der Waals surface area contributed by atoms with Crippen molar-refractivity contribution < 1.29 is 17.2 Å². The van der Waals surface area contributed by atoms with Crippen molar-refractivity contribution in [3.05, 3.63) is 65.7 Å². The number of sulfonamides is 1. The van der Waals surface area contributed by atoms with Crippen LogP contribution in [-0.4, -0.2) is 8.42 Å². The summed E-state index contributed by atoms with van der Waals surface area (Å²) in [6, 6.07) is 10.00. The molecule has 0 aromatic heterocycles. The fourth-order valence-corrected chi connectivity index (χ4v) is 2.50.